The molecule has 0 saturated carbocycles. The number of esters is 1. The molecular formula is C24H29N3O3. The number of benzene rings is 2. The second-order valence-electron chi connectivity index (χ2n) is 7.21. The van der Waals surface area contributed by atoms with Gasteiger partial charge < -0.3 is 20.3 Å². The largest absolute Gasteiger partial charge is 0.462 e. The number of nitrogens with one attached hydrogen (secondary N) is 2. The van der Waals surface area contributed by atoms with E-state index in [9.17, 15) is 9.59 Å². The average molecular weight is 408 g/mol. The van der Waals surface area contributed by atoms with Crippen LogP contribution < -0.4 is 15.5 Å². The summed E-state index contributed by atoms with van der Waals surface area (Å²) in [6, 6.07) is 16.9. The van der Waals surface area contributed by atoms with Crippen LogP contribution >= 0.6 is 0 Å². The van der Waals surface area contributed by atoms with Gasteiger partial charge in [-0.15, -0.1) is 0 Å². The minimum Gasteiger partial charge on any atom is -0.462 e. The lowest BCUT2D eigenvalue weighted by Gasteiger charge is -2.29. The monoisotopic (exact) mass is 407 g/mol. The molecular weight excluding hydrogens is 378 g/mol. The van der Waals surface area contributed by atoms with Crippen LogP contribution in [-0.2, 0) is 16.0 Å². The number of anilines is 1. The first-order chi connectivity index (χ1) is 14.5. The fraction of sp³-hybridized carbons (Fsp3) is 0.333. The molecule has 0 aliphatic carbocycles. The van der Waals surface area contributed by atoms with E-state index >= 15 is 0 Å². The number of amides is 2. The van der Waals surface area contributed by atoms with Gasteiger partial charge >= 0.3 is 12.0 Å². The Balaban J connectivity index is 1.76. The molecule has 1 atom stereocenters. The zero-order chi connectivity index (χ0) is 21.5. The highest BCUT2D eigenvalue weighted by molar-refractivity contribution is 5.95. The van der Waals surface area contributed by atoms with Crippen molar-refractivity contribution in [3.8, 4) is 0 Å². The van der Waals surface area contributed by atoms with Crippen molar-refractivity contribution in [1.82, 2.24) is 10.6 Å². The van der Waals surface area contributed by atoms with Crippen LogP contribution in [0.15, 0.2) is 65.9 Å². The molecule has 1 aliphatic rings. The number of carbonyl (C=O) groups is 2. The molecule has 0 saturated heterocycles. The number of hydrogen-bond acceptors (Lipinski definition) is 4. The van der Waals surface area contributed by atoms with Crippen molar-refractivity contribution in [2.24, 2.45) is 0 Å². The van der Waals surface area contributed by atoms with Gasteiger partial charge in [-0.05, 0) is 44.0 Å². The van der Waals surface area contributed by atoms with Crippen LogP contribution in [0.3, 0.4) is 0 Å². The minimum atomic E-state index is -0.547. The van der Waals surface area contributed by atoms with E-state index in [2.05, 4.69) is 29.4 Å². The normalized spacial score (nSPS) is 16.0. The quantitative estimate of drug-likeness (QED) is 0.650. The minimum absolute atomic E-state index is 0.279. The molecule has 2 aromatic carbocycles. The maximum atomic E-state index is 12.9. The van der Waals surface area contributed by atoms with Gasteiger partial charge in [-0.1, -0.05) is 42.5 Å². The summed E-state index contributed by atoms with van der Waals surface area (Å²) in [6.07, 6.45) is 0.641. The molecule has 0 spiro atoms. The van der Waals surface area contributed by atoms with E-state index in [4.69, 9.17) is 4.74 Å². The second kappa shape index (κ2) is 9.96. The summed E-state index contributed by atoms with van der Waals surface area (Å²) in [7, 11) is 0. The average Bonchev–Trinajstić information content (AvgIpc) is 2.75. The van der Waals surface area contributed by atoms with Gasteiger partial charge in [0.15, 0.2) is 0 Å². The van der Waals surface area contributed by atoms with E-state index in [0.29, 0.717) is 17.7 Å². The molecule has 0 bridgehead atoms. The highest BCUT2D eigenvalue weighted by Gasteiger charge is 2.32. The van der Waals surface area contributed by atoms with E-state index in [0.717, 1.165) is 29.9 Å². The van der Waals surface area contributed by atoms with Gasteiger partial charge in [0.2, 0.25) is 0 Å². The van der Waals surface area contributed by atoms with Gasteiger partial charge in [-0.2, -0.15) is 0 Å². The Hall–Kier alpha value is -3.28. The molecule has 3 rings (SSSR count). The number of allylic oxidation sites excluding steroid dienone is 1. The number of carbonyl (C=O) groups excluding carboxylic acids is 2. The van der Waals surface area contributed by atoms with Crippen LogP contribution in [0.4, 0.5) is 10.5 Å². The summed E-state index contributed by atoms with van der Waals surface area (Å²) in [5.41, 5.74) is 4.00. The van der Waals surface area contributed by atoms with Crippen molar-refractivity contribution in [3.63, 3.8) is 0 Å². The Morgan fingerprint density at radius 2 is 1.70 bits per heavy atom. The second-order valence-corrected chi connectivity index (χ2v) is 7.21. The SMILES string of the molecule is CCN(CC)c1ccc(C2NC(=O)NC(C)=C2C(=O)OCCc2ccccc2)cc1. The molecule has 6 heteroatoms. The number of rotatable bonds is 8. The van der Waals surface area contributed by atoms with Crippen LogP contribution in [0.2, 0.25) is 0 Å². The molecule has 0 radical (unpaired) electrons. The van der Waals surface area contributed by atoms with Crippen molar-refractivity contribution < 1.29 is 14.3 Å². The Morgan fingerprint density at radius 3 is 2.33 bits per heavy atom. The van der Waals surface area contributed by atoms with Crippen molar-refractivity contribution >= 4 is 17.7 Å². The van der Waals surface area contributed by atoms with E-state index in [1.165, 1.54) is 0 Å². The van der Waals surface area contributed by atoms with Crippen molar-refractivity contribution in [2.75, 3.05) is 24.6 Å². The molecule has 2 amide bonds. The number of urea groups is 1. The summed E-state index contributed by atoms with van der Waals surface area (Å²) in [6.45, 7) is 8.06. The molecule has 1 heterocycles. The van der Waals surface area contributed by atoms with Gasteiger partial charge in [-0.3, -0.25) is 0 Å². The first-order valence-electron chi connectivity index (χ1n) is 10.4. The van der Waals surface area contributed by atoms with Crippen LogP contribution in [0.1, 0.15) is 37.9 Å². The predicted octanol–water partition coefficient (Wildman–Crippen LogP) is 3.95. The Labute approximate surface area is 177 Å². The summed E-state index contributed by atoms with van der Waals surface area (Å²) in [5.74, 6) is -0.422. The van der Waals surface area contributed by atoms with Gasteiger partial charge in [-0.25, -0.2) is 9.59 Å². The van der Waals surface area contributed by atoms with Gasteiger partial charge in [0, 0.05) is 30.9 Å². The number of nitrogens with zero attached hydrogens (tertiary/aromatic N) is 1. The third kappa shape index (κ3) is 5.00. The van der Waals surface area contributed by atoms with E-state index in [-0.39, 0.29) is 12.6 Å². The highest BCUT2D eigenvalue weighted by Crippen LogP contribution is 2.29. The predicted molar refractivity (Wildman–Crippen MR) is 118 cm³/mol. The van der Waals surface area contributed by atoms with E-state index in [1.807, 2.05) is 54.6 Å². The fourth-order valence-electron chi connectivity index (χ4n) is 3.66. The van der Waals surface area contributed by atoms with Gasteiger partial charge in [0.25, 0.3) is 0 Å². The maximum Gasteiger partial charge on any atom is 0.338 e. The summed E-state index contributed by atoms with van der Waals surface area (Å²) in [4.78, 5) is 27.2. The Kier molecular flexibility index (Phi) is 7.12. The zero-order valence-corrected chi connectivity index (χ0v) is 17.8. The molecule has 2 N–H and O–H groups in total. The maximum absolute atomic E-state index is 12.9. The lowest BCUT2D eigenvalue weighted by atomic mass is 9.95. The van der Waals surface area contributed by atoms with E-state index < -0.39 is 12.0 Å². The van der Waals surface area contributed by atoms with Crippen molar-refractivity contribution in [2.45, 2.75) is 33.2 Å². The van der Waals surface area contributed by atoms with Crippen LogP contribution in [0.25, 0.3) is 0 Å². The molecule has 1 unspecified atom stereocenters. The standard InChI is InChI=1S/C24H29N3O3/c1-4-27(5-2)20-13-11-19(12-14-20)22-21(17(3)25-24(29)26-22)23(28)30-16-15-18-9-7-6-8-10-18/h6-14,22H,4-5,15-16H2,1-3H3,(H2,25,26,29). The molecule has 2 aromatic rings. The topological polar surface area (TPSA) is 70.7 Å². The third-order valence-corrected chi connectivity index (χ3v) is 5.31. The van der Waals surface area contributed by atoms with Gasteiger partial charge in [0.05, 0.1) is 18.2 Å². The van der Waals surface area contributed by atoms with Crippen LogP contribution in [-0.4, -0.2) is 31.7 Å². The lowest BCUT2D eigenvalue weighted by Crippen LogP contribution is -2.45. The fourth-order valence-corrected chi connectivity index (χ4v) is 3.66. The van der Waals surface area contributed by atoms with Crippen molar-refractivity contribution in [3.05, 3.63) is 77.0 Å². The lowest BCUT2D eigenvalue weighted by molar-refractivity contribution is -0.139. The molecule has 0 aromatic heterocycles. The van der Waals surface area contributed by atoms with E-state index in [1.54, 1.807) is 6.92 Å². The molecule has 158 valence electrons. The van der Waals surface area contributed by atoms with Crippen molar-refractivity contribution in [1.29, 1.82) is 0 Å². The Morgan fingerprint density at radius 1 is 1.03 bits per heavy atom. The molecule has 30 heavy (non-hydrogen) atoms. The van der Waals surface area contributed by atoms with Crippen LogP contribution in [0.5, 0.6) is 0 Å². The Bertz CT molecular complexity index is 903. The summed E-state index contributed by atoms with van der Waals surface area (Å²) in [5, 5.41) is 5.54. The summed E-state index contributed by atoms with van der Waals surface area (Å²) < 4.78 is 5.54. The van der Waals surface area contributed by atoms with Gasteiger partial charge in [0.1, 0.15) is 0 Å². The number of ether oxygens (including phenoxy) is 1. The smallest absolute Gasteiger partial charge is 0.338 e. The molecule has 1 aliphatic heterocycles. The first kappa shape index (κ1) is 21.4. The first-order valence-corrected chi connectivity index (χ1v) is 10.4. The third-order valence-electron chi connectivity index (χ3n) is 5.31. The number of hydrogen-bond donors (Lipinski definition) is 2. The van der Waals surface area contributed by atoms with Crippen LogP contribution in [0, 0.1) is 0 Å². The highest BCUT2D eigenvalue weighted by atomic mass is 16.5. The molecule has 0 fully saturated rings. The zero-order valence-electron chi connectivity index (χ0n) is 17.8. The molecule has 6 nitrogen and oxygen atoms in total. The summed E-state index contributed by atoms with van der Waals surface area (Å²) >= 11 is 0.